The second kappa shape index (κ2) is 5.83. The zero-order valence-corrected chi connectivity index (χ0v) is 12.5. The average Bonchev–Trinajstić information content (AvgIpc) is 3.04. The fraction of sp³-hybridized carbons (Fsp3) is 0.375. The van der Waals surface area contributed by atoms with Gasteiger partial charge in [0.1, 0.15) is 12.7 Å². The van der Waals surface area contributed by atoms with E-state index in [1.807, 2.05) is 24.3 Å². The minimum absolute atomic E-state index is 0.220. The highest BCUT2D eigenvalue weighted by molar-refractivity contribution is 5.92. The number of amides is 1. The first-order valence-corrected chi connectivity index (χ1v) is 7.67. The second-order valence-corrected chi connectivity index (χ2v) is 5.50. The molecular weight excluding hydrogens is 298 g/mol. The number of nitrogens with zero attached hydrogens (tertiary/aromatic N) is 2. The first-order chi connectivity index (χ1) is 11.3. The molecule has 2 aromatic rings. The van der Waals surface area contributed by atoms with Crippen LogP contribution in [-0.2, 0) is 6.54 Å². The van der Waals surface area contributed by atoms with E-state index in [0.717, 1.165) is 18.7 Å². The quantitative estimate of drug-likeness (QED) is 0.922. The molecule has 0 bridgehead atoms. The number of ether oxygens (including phenoxy) is 3. The van der Waals surface area contributed by atoms with E-state index in [1.165, 1.54) is 0 Å². The van der Waals surface area contributed by atoms with Gasteiger partial charge in [0.05, 0.1) is 13.2 Å². The van der Waals surface area contributed by atoms with Gasteiger partial charge in [0.25, 0.3) is 5.91 Å². The standard InChI is InChI=1S/C16H17N3O4/c20-16(12-8-15-19(18-12)6-3-7-21-15)17-9-11-10-22-13-4-1-2-5-14(13)23-11/h1-2,4-5,8,11H,3,6-7,9-10H2,(H,17,20)/t11-/m1/s1. The van der Waals surface area contributed by atoms with Gasteiger partial charge in [-0.1, -0.05) is 12.1 Å². The van der Waals surface area contributed by atoms with Crippen molar-refractivity contribution >= 4 is 5.91 Å². The first-order valence-electron chi connectivity index (χ1n) is 7.67. The van der Waals surface area contributed by atoms with E-state index in [-0.39, 0.29) is 12.0 Å². The lowest BCUT2D eigenvalue weighted by molar-refractivity contribution is 0.0786. The van der Waals surface area contributed by atoms with Gasteiger partial charge >= 0.3 is 0 Å². The predicted molar refractivity (Wildman–Crippen MR) is 81.0 cm³/mol. The highest BCUT2D eigenvalue weighted by atomic mass is 16.6. The van der Waals surface area contributed by atoms with Crippen LogP contribution in [0.3, 0.4) is 0 Å². The molecule has 7 heteroatoms. The lowest BCUT2D eigenvalue weighted by Crippen LogP contribution is -2.40. The van der Waals surface area contributed by atoms with Gasteiger partial charge in [0.15, 0.2) is 17.2 Å². The molecule has 7 nitrogen and oxygen atoms in total. The lowest BCUT2D eigenvalue weighted by Gasteiger charge is -2.26. The van der Waals surface area contributed by atoms with Gasteiger partial charge < -0.3 is 19.5 Å². The Balaban J connectivity index is 1.36. The van der Waals surface area contributed by atoms with Gasteiger partial charge in [-0.25, -0.2) is 4.68 Å². The molecule has 0 spiro atoms. The molecule has 0 saturated carbocycles. The fourth-order valence-corrected chi connectivity index (χ4v) is 2.64. The van der Waals surface area contributed by atoms with Crippen LogP contribution in [0.15, 0.2) is 30.3 Å². The van der Waals surface area contributed by atoms with E-state index in [1.54, 1.807) is 10.7 Å². The SMILES string of the molecule is O=C(NC[C@@H]1COc2ccccc2O1)c1cc2n(n1)CCCO2. The minimum atomic E-state index is -0.238. The number of hydrogen-bond acceptors (Lipinski definition) is 5. The number of rotatable bonds is 3. The smallest absolute Gasteiger partial charge is 0.272 e. The fourth-order valence-electron chi connectivity index (χ4n) is 2.64. The van der Waals surface area contributed by atoms with Gasteiger partial charge in [-0.3, -0.25) is 4.79 Å². The Morgan fingerprint density at radius 3 is 3.04 bits per heavy atom. The van der Waals surface area contributed by atoms with Gasteiger partial charge in [-0.05, 0) is 12.1 Å². The van der Waals surface area contributed by atoms with Crippen molar-refractivity contribution in [1.29, 1.82) is 0 Å². The highest BCUT2D eigenvalue weighted by Gasteiger charge is 2.23. The molecule has 23 heavy (non-hydrogen) atoms. The van der Waals surface area contributed by atoms with Crippen LogP contribution in [0.25, 0.3) is 0 Å². The van der Waals surface area contributed by atoms with E-state index in [9.17, 15) is 4.79 Å². The second-order valence-electron chi connectivity index (χ2n) is 5.50. The largest absolute Gasteiger partial charge is 0.486 e. The Morgan fingerprint density at radius 1 is 1.30 bits per heavy atom. The van der Waals surface area contributed by atoms with Gasteiger partial charge in [0, 0.05) is 19.0 Å². The molecule has 0 fully saturated rings. The van der Waals surface area contributed by atoms with Crippen LogP contribution in [0.4, 0.5) is 0 Å². The minimum Gasteiger partial charge on any atom is -0.486 e. The number of nitrogens with one attached hydrogen (secondary N) is 1. The summed E-state index contributed by atoms with van der Waals surface area (Å²) in [4.78, 5) is 12.2. The summed E-state index contributed by atoms with van der Waals surface area (Å²) in [5.41, 5.74) is 0.360. The number of aromatic nitrogens is 2. The number of hydrogen-bond donors (Lipinski definition) is 1. The zero-order chi connectivity index (χ0) is 15.6. The molecule has 2 aliphatic heterocycles. The highest BCUT2D eigenvalue weighted by Crippen LogP contribution is 2.30. The van der Waals surface area contributed by atoms with Crippen molar-refractivity contribution in [2.24, 2.45) is 0 Å². The average molecular weight is 315 g/mol. The number of aryl methyl sites for hydroxylation is 1. The molecule has 2 aliphatic rings. The monoisotopic (exact) mass is 315 g/mol. The first kappa shape index (κ1) is 13.9. The third-order valence-corrected chi connectivity index (χ3v) is 3.80. The van der Waals surface area contributed by atoms with Crippen LogP contribution in [0.2, 0.25) is 0 Å². The van der Waals surface area contributed by atoms with Crippen molar-refractivity contribution in [3.8, 4) is 17.4 Å². The Morgan fingerprint density at radius 2 is 2.17 bits per heavy atom. The van der Waals surface area contributed by atoms with Crippen molar-refractivity contribution in [2.45, 2.75) is 19.1 Å². The van der Waals surface area contributed by atoms with Gasteiger partial charge in [-0.15, -0.1) is 0 Å². The molecule has 1 amide bonds. The topological polar surface area (TPSA) is 74.6 Å². The van der Waals surface area contributed by atoms with Gasteiger partial charge in [-0.2, -0.15) is 5.10 Å². The van der Waals surface area contributed by atoms with Crippen LogP contribution in [-0.4, -0.2) is 41.6 Å². The molecule has 1 aromatic heterocycles. The number of carbonyl (C=O) groups excluding carboxylic acids is 1. The normalized spacial score (nSPS) is 18.7. The summed E-state index contributed by atoms with van der Waals surface area (Å²) >= 11 is 0. The maximum Gasteiger partial charge on any atom is 0.272 e. The summed E-state index contributed by atoms with van der Waals surface area (Å²) < 4.78 is 18.6. The molecule has 0 aliphatic carbocycles. The summed E-state index contributed by atoms with van der Waals surface area (Å²) in [6.07, 6.45) is 0.685. The maximum atomic E-state index is 12.2. The van der Waals surface area contributed by atoms with Crippen molar-refractivity contribution < 1.29 is 19.0 Å². The van der Waals surface area contributed by atoms with Gasteiger partial charge in [0.2, 0.25) is 5.88 Å². The van der Waals surface area contributed by atoms with E-state index in [2.05, 4.69) is 10.4 Å². The summed E-state index contributed by atoms with van der Waals surface area (Å²) in [6.45, 7) is 2.20. The molecular formula is C16H17N3O4. The van der Waals surface area contributed by atoms with Crippen LogP contribution in [0, 0.1) is 0 Å². The molecule has 1 aromatic carbocycles. The molecule has 0 saturated heterocycles. The molecule has 1 atom stereocenters. The van der Waals surface area contributed by atoms with E-state index < -0.39 is 0 Å². The summed E-state index contributed by atoms with van der Waals surface area (Å²) in [5, 5.41) is 7.09. The third-order valence-electron chi connectivity index (χ3n) is 3.80. The van der Waals surface area contributed by atoms with Crippen LogP contribution in [0.5, 0.6) is 17.4 Å². The summed E-state index contributed by atoms with van der Waals surface area (Å²) in [6, 6.07) is 9.16. The molecule has 0 unspecified atom stereocenters. The predicted octanol–water partition coefficient (Wildman–Crippen LogP) is 1.24. The van der Waals surface area contributed by atoms with Crippen molar-refractivity contribution in [3.05, 3.63) is 36.0 Å². The van der Waals surface area contributed by atoms with E-state index in [4.69, 9.17) is 14.2 Å². The molecule has 1 N–H and O–H groups in total. The maximum absolute atomic E-state index is 12.2. The molecule has 0 radical (unpaired) electrons. The lowest BCUT2D eigenvalue weighted by atomic mass is 10.2. The Kier molecular flexibility index (Phi) is 3.53. The van der Waals surface area contributed by atoms with E-state index >= 15 is 0 Å². The van der Waals surface area contributed by atoms with E-state index in [0.29, 0.717) is 37.1 Å². The summed E-state index contributed by atoms with van der Waals surface area (Å²) in [5.74, 6) is 1.84. The van der Waals surface area contributed by atoms with Crippen molar-refractivity contribution in [2.75, 3.05) is 19.8 Å². The number of benzene rings is 1. The molecule has 3 heterocycles. The Hall–Kier alpha value is -2.70. The molecule has 120 valence electrons. The number of fused-ring (bicyclic) bond motifs is 2. The van der Waals surface area contributed by atoms with Crippen LogP contribution < -0.4 is 19.5 Å². The molecule has 4 rings (SSSR count). The number of para-hydroxylation sites is 2. The Labute approximate surface area is 133 Å². The third kappa shape index (κ3) is 2.81. The Bertz CT molecular complexity index is 704. The summed E-state index contributed by atoms with van der Waals surface area (Å²) in [7, 11) is 0. The van der Waals surface area contributed by atoms with Crippen LogP contribution >= 0.6 is 0 Å². The van der Waals surface area contributed by atoms with Crippen molar-refractivity contribution in [1.82, 2.24) is 15.1 Å². The zero-order valence-electron chi connectivity index (χ0n) is 12.5. The van der Waals surface area contributed by atoms with Crippen LogP contribution in [0.1, 0.15) is 16.9 Å². The number of carbonyl (C=O) groups is 1. The van der Waals surface area contributed by atoms with Crippen molar-refractivity contribution in [3.63, 3.8) is 0 Å².